The molecular formula is C18H18ClFN2O3. The number of hydrogen-bond donors (Lipinski definition) is 1. The standard InChI is InChI=1S/C18H18ClFN2O3/c19-14-2-1-3-15(20)16(14)17(23)21-10-12-4-7-22(8-5-12)18(24)13-6-9-25-11-13/h1-3,6,9,11-12H,4-5,7-8,10H2,(H,21,23). The second-order valence-corrected chi connectivity index (χ2v) is 6.46. The molecule has 0 bridgehead atoms. The molecular weight excluding hydrogens is 347 g/mol. The van der Waals surface area contributed by atoms with Crippen molar-refractivity contribution in [2.24, 2.45) is 5.92 Å². The van der Waals surface area contributed by atoms with Crippen molar-refractivity contribution < 1.29 is 18.4 Å². The summed E-state index contributed by atoms with van der Waals surface area (Å²) in [6.45, 7) is 1.66. The van der Waals surface area contributed by atoms with Crippen LogP contribution >= 0.6 is 11.6 Å². The van der Waals surface area contributed by atoms with Gasteiger partial charge in [-0.1, -0.05) is 17.7 Å². The maximum absolute atomic E-state index is 13.7. The molecule has 0 aliphatic carbocycles. The molecule has 132 valence electrons. The highest BCUT2D eigenvalue weighted by Crippen LogP contribution is 2.21. The first-order valence-electron chi connectivity index (χ1n) is 8.10. The molecule has 0 atom stereocenters. The quantitative estimate of drug-likeness (QED) is 0.904. The zero-order valence-electron chi connectivity index (χ0n) is 13.5. The van der Waals surface area contributed by atoms with Crippen LogP contribution in [0, 0.1) is 11.7 Å². The third-order valence-electron chi connectivity index (χ3n) is 4.41. The van der Waals surface area contributed by atoms with Gasteiger partial charge in [-0.25, -0.2) is 4.39 Å². The van der Waals surface area contributed by atoms with Gasteiger partial charge in [-0.3, -0.25) is 9.59 Å². The zero-order valence-corrected chi connectivity index (χ0v) is 14.3. The zero-order chi connectivity index (χ0) is 17.8. The average Bonchev–Trinajstić information content (AvgIpc) is 3.14. The molecule has 0 saturated carbocycles. The van der Waals surface area contributed by atoms with Gasteiger partial charge in [0.15, 0.2) is 0 Å². The van der Waals surface area contributed by atoms with Crippen LogP contribution in [-0.4, -0.2) is 36.3 Å². The maximum Gasteiger partial charge on any atom is 0.257 e. The Balaban J connectivity index is 1.50. The van der Waals surface area contributed by atoms with Gasteiger partial charge in [0.05, 0.1) is 22.4 Å². The van der Waals surface area contributed by atoms with E-state index in [1.165, 1.54) is 30.7 Å². The number of carbonyl (C=O) groups excluding carboxylic acids is 2. The Morgan fingerprint density at radius 1 is 1.28 bits per heavy atom. The van der Waals surface area contributed by atoms with E-state index >= 15 is 0 Å². The second-order valence-electron chi connectivity index (χ2n) is 6.05. The lowest BCUT2D eigenvalue weighted by atomic mass is 9.96. The minimum Gasteiger partial charge on any atom is -0.472 e. The highest BCUT2D eigenvalue weighted by molar-refractivity contribution is 6.33. The van der Waals surface area contributed by atoms with Gasteiger partial charge in [0.25, 0.3) is 11.8 Å². The summed E-state index contributed by atoms with van der Waals surface area (Å²) in [5.41, 5.74) is 0.415. The molecule has 0 spiro atoms. The number of amides is 2. The van der Waals surface area contributed by atoms with Crippen LogP contribution in [0.15, 0.2) is 41.2 Å². The second kappa shape index (κ2) is 7.70. The van der Waals surface area contributed by atoms with Crippen molar-refractivity contribution >= 4 is 23.4 Å². The van der Waals surface area contributed by atoms with E-state index in [0.29, 0.717) is 25.2 Å². The Kier molecular flexibility index (Phi) is 5.38. The normalized spacial score (nSPS) is 15.2. The van der Waals surface area contributed by atoms with Crippen molar-refractivity contribution in [2.45, 2.75) is 12.8 Å². The summed E-state index contributed by atoms with van der Waals surface area (Å²) in [6.07, 6.45) is 4.46. The third kappa shape index (κ3) is 4.02. The average molecular weight is 365 g/mol. The molecule has 1 aromatic carbocycles. The number of halogens is 2. The predicted octanol–water partition coefficient (Wildman–Crippen LogP) is 3.35. The fourth-order valence-electron chi connectivity index (χ4n) is 2.95. The SMILES string of the molecule is O=C(NCC1CCN(C(=O)c2ccoc2)CC1)c1c(F)cccc1Cl. The molecule has 1 aliphatic heterocycles. The minimum absolute atomic E-state index is 0.0469. The summed E-state index contributed by atoms with van der Waals surface area (Å²) < 4.78 is 18.7. The Bertz CT molecular complexity index is 735. The Morgan fingerprint density at radius 2 is 2.04 bits per heavy atom. The van der Waals surface area contributed by atoms with Crippen molar-refractivity contribution in [3.05, 3.63) is 58.8 Å². The van der Waals surface area contributed by atoms with Crippen LogP contribution in [0.3, 0.4) is 0 Å². The van der Waals surface area contributed by atoms with Gasteiger partial charge in [0.1, 0.15) is 12.1 Å². The number of carbonyl (C=O) groups is 2. The lowest BCUT2D eigenvalue weighted by molar-refractivity contribution is 0.0683. The molecule has 5 nitrogen and oxygen atoms in total. The van der Waals surface area contributed by atoms with Crippen LogP contribution in [0.2, 0.25) is 5.02 Å². The van der Waals surface area contributed by atoms with E-state index in [1.54, 1.807) is 11.0 Å². The molecule has 2 heterocycles. The molecule has 2 amide bonds. The van der Waals surface area contributed by atoms with Crippen molar-refractivity contribution in [2.75, 3.05) is 19.6 Å². The van der Waals surface area contributed by atoms with E-state index in [1.807, 2.05) is 0 Å². The van der Waals surface area contributed by atoms with E-state index in [2.05, 4.69) is 5.32 Å². The Labute approximate surface area is 149 Å². The molecule has 3 rings (SSSR count). The highest BCUT2D eigenvalue weighted by atomic mass is 35.5. The summed E-state index contributed by atoms with van der Waals surface area (Å²) in [7, 11) is 0. The number of piperidine rings is 1. The van der Waals surface area contributed by atoms with Crippen molar-refractivity contribution in [1.82, 2.24) is 10.2 Å². The summed E-state index contributed by atoms with van der Waals surface area (Å²) in [4.78, 5) is 26.2. The van der Waals surface area contributed by atoms with Crippen molar-refractivity contribution in [3.63, 3.8) is 0 Å². The number of hydrogen-bond acceptors (Lipinski definition) is 3. The fourth-order valence-corrected chi connectivity index (χ4v) is 3.20. The number of nitrogens with zero attached hydrogens (tertiary/aromatic N) is 1. The van der Waals surface area contributed by atoms with Gasteiger partial charge < -0.3 is 14.6 Å². The van der Waals surface area contributed by atoms with Gasteiger partial charge in [-0.15, -0.1) is 0 Å². The van der Waals surface area contributed by atoms with Crippen molar-refractivity contribution in [3.8, 4) is 0 Å². The molecule has 0 radical (unpaired) electrons. The first kappa shape index (κ1) is 17.5. The maximum atomic E-state index is 13.7. The topological polar surface area (TPSA) is 62.6 Å². The molecule has 0 unspecified atom stereocenters. The Morgan fingerprint density at radius 3 is 2.68 bits per heavy atom. The van der Waals surface area contributed by atoms with Crippen LogP contribution in [-0.2, 0) is 0 Å². The first-order chi connectivity index (χ1) is 12.1. The fraction of sp³-hybridized carbons (Fsp3) is 0.333. The lowest BCUT2D eigenvalue weighted by Crippen LogP contribution is -2.41. The van der Waals surface area contributed by atoms with Gasteiger partial charge in [0, 0.05) is 19.6 Å². The van der Waals surface area contributed by atoms with Crippen LogP contribution in [0.4, 0.5) is 4.39 Å². The van der Waals surface area contributed by atoms with Gasteiger partial charge in [-0.2, -0.15) is 0 Å². The smallest absolute Gasteiger partial charge is 0.257 e. The molecule has 1 N–H and O–H groups in total. The van der Waals surface area contributed by atoms with Crippen LogP contribution < -0.4 is 5.32 Å². The van der Waals surface area contributed by atoms with Gasteiger partial charge in [0.2, 0.25) is 0 Å². The summed E-state index contributed by atoms with van der Waals surface area (Å²) in [5, 5.41) is 2.84. The third-order valence-corrected chi connectivity index (χ3v) is 4.73. The van der Waals surface area contributed by atoms with E-state index < -0.39 is 11.7 Å². The van der Waals surface area contributed by atoms with E-state index in [4.69, 9.17) is 16.0 Å². The lowest BCUT2D eigenvalue weighted by Gasteiger charge is -2.31. The molecule has 25 heavy (non-hydrogen) atoms. The number of furan rings is 1. The molecule has 1 aliphatic rings. The monoisotopic (exact) mass is 364 g/mol. The van der Waals surface area contributed by atoms with E-state index in [0.717, 1.165) is 12.8 Å². The van der Waals surface area contributed by atoms with Gasteiger partial charge in [-0.05, 0) is 37.0 Å². The molecule has 1 saturated heterocycles. The minimum atomic E-state index is -0.634. The summed E-state index contributed by atoms with van der Waals surface area (Å²) in [6, 6.07) is 5.80. The van der Waals surface area contributed by atoms with Crippen LogP contribution in [0.25, 0.3) is 0 Å². The van der Waals surface area contributed by atoms with Crippen LogP contribution in [0.1, 0.15) is 33.6 Å². The molecule has 1 fully saturated rings. The molecule has 2 aromatic rings. The van der Waals surface area contributed by atoms with E-state index in [9.17, 15) is 14.0 Å². The number of nitrogens with one attached hydrogen (secondary N) is 1. The molecule has 7 heteroatoms. The highest BCUT2D eigenvalue weighted by Gasteiger charge is 2.25. The van der Waals surface area contributed by atoms with E-state index in [-0.39, 0.29) is 22.4 Å². The summed E-state index contributed by atoms with van der Waals surface area (Å²) >= 11 is 5.90. The molecule has 1 aromatic heterocycles. The van der Waals surface area contributed by atoms with Gasteiger partial charge >= 0.3 is 0 Å². The number of benzene rings is 1. The predicted molar refractivity (Wildman–Crippen MR) is 91.1 cm³/mol. The summed E-state index contributed by atoms with van der Waals surface area (Å²) in [5.74, 6) is -0.956. The van der Waals surface area contributed by atoms with Crippen LogP contribution in [0.5, 0.6) is 0 Å². The number of rotatable bonds is 4. The Hall–Kier alpha value is -2.34. The largest absolute Gasteiger partial charge is 0.472 e. The van der Waals surface area contributed by atoms with Crippen molar-refractivity contribution in [1.29, 1.82) is 0 Å². The number of likely N-dealkylation sites (tertiary alicyclic amines) is 1. The first-order valence-corrected chi connectivity index (χ1v) is 8.47.